The van der Waals surface area contributed by atoms with E-state index in [1.54, 1.807) is 11.8 Å². The van der Waals surface area contributed by atoms with Gasteiger partial charge in [-0.25, -0.2) is 4.98 Å². The van der Waals surface area contributed by atoms with Gasteiger partial charge in [-0.2, -0.15) is 9.90 Å². The lowest BCUT2D eigenvalue weighted by atomic mass is 10.3. The minimum atomic E-state index is -0.189. The molecule has 2 heterocycles. The first-order valence-electron chi connectivity index (χ1n) is 8.34. The third-order valence-corrected chi connectivity index (χ3v) is 5.11. The molecule has 4 aromatic rings. The van der Waals surface area contributed by atoms with Gasteiger partial charge in [0.1, 0.15) is 0 Å². The lowest BCUT2D eigenvalue weighted by molar-refractivity contribution is 0.0982. The van der Waals surface area contributed by atoms with Crippen molar-refractivity contribution < 1.29 is 4.79 Å². The monoisotopic (exact) mass is 363 g/mol. The Morgan fingerprint density at radius 2 is 1.81 bits per heavy atom. The first-order valence-corrected chi connectivity index (χ1v) is 9.16. The highest BCUT2D eigenvalue weighted by Gasteiger charge is 2.25. The highest BCUT2D eigenvalue weighted by Crippen LogP contribution is 2.29. The van der Waals surface area contributed by atoms with Crippen LogP contribution >= 0.6 is 11.3 Å². The van der Waals surface area contributed by atoms with Crippen LogP contribution in [0.25, 0.3) is 15.9 Å². The maximum atomic E-state index is 13.1. The van der Waals surface area contributed by atoms with Gasteiger partial charge in [0, 0.05) is 6.54 Å². The minimum Gasteiger partial charge on any atom is -0.283 e. The maximum absolute atomic E-state index is 13.1. The van der Waals surface area contributed by atoms with E-state index in [2.05, 4.69) is 15.2 Å². The summed E-state index contributed by atoms with van der Waals surface area (Å²) in [6.45, 7) is 4.24. The first kappa shape index (κ1) is 16.4. The number of nitrogens with zero attached hydrogens (tertiary/aromatic N) is 5. The third kappa shape index (κ3) is 2.86. The van der Waals surface area contributed by atoms with Crippen LogP contribution in [0.15, 0.2) is 54.6 Å². The van der Waals surface area contributed by atoms with Crippen LogP contribution < -0.4 is 4.90 Å². The topological polar surface area (TPSA) is 63.9 Å². The molecule has 0 atom stereocenters. The summed E-state index contributed by atoms with van der Waals surface area (Å²) in [5.41, 5.74) is 2.65. The van der Waals surface area contributed by atoms with Crippen molar-refractivity contribution in [2.75, 3.05) is 11.4 Å². The Hall–Kier alpha value is -3.06. The van der Waals surface area contributed by atoms with Crippen LogP contribution in [0.2, 0.25) is 0 Å². The van der Waals surface area contributed by atoms with E-state index in [0.29, 0.717) is 23.1 Å². The van der Waals surface area contributed by atoms with Crippen molar-refractivity contribution in [1.82, 2.24) is 20.0 Å². The molecule has 0 saturated carbocycles. The third-order valence-electron chi connectivity index (χ3n) is 4.05. The molecule has 1 amide bonds. The lowest BCUT2D eigenvalue weighted by Gasteiger charge is -2.16. The van der Waals surface area contributed by atoms with E-state index in [9.17, 15) is 4.79 Å². The second-order valence-electron chi connectivity index (χ2n) is 5.77. The molecule has 130 valence electrons. The molecular formula is C19H17N5OS. The number of amides is 1. The molecule has 0 unspecified atom stereocenters. The van der Waals surface area contributed by atoms with Crippen LogP contribution in [-0.2, 0) is 0 Å². The lowest BCUT2D eigenvalue weighted by Crippen LogP contribution is -2.31. The number of carbonyl (C=O) groups excluding carboxylic acids is 1. The molecule has 2 aromatic heterocycles. The molecule has 0 spiro atoms. The second-order valence-corrected chi connectivity index (χ2v) is 6.78. The molecule has 0 aliphatic carbocycles. The van der Waals surface area contributed by atoms with E-state index in [0.717, 1.165) is 15.9 Å². The number of anilines is 1. The van der Waals surface area contributed by atoms with Gasteiger partial charge in [-0.1, -0.05) is 41.7 Å². The fourth-order valence-electron chi connectivity index (χ4n) is 2.72. The Labute approximate surface area is 154 Å². The van der Waals surface area contributed by atoms with Crippen molar-refractivity contribution in [1.29, 1.82) is 0 Å². The molecule has 6 nitrogen and oxygen atoms in total. The SMILES string of the molecule is CCN(C(=O)c1nn(-c2ccccc2)nc1C)c1nc2ccccc2s1. The molecule has 0 saturated heterocycles. The number of benzene rings is 2. The molecule has 7 heteroatoms. The number of thiazole rings is 1. The highest BCUT2D eigenvalue weighted by molar-refractivity contribution is 7.22. The molecule has 26 heavy (non-hydrogen) atoms. The van der Waals surface area contributed by atoms with Crippen LogP contribution in [0.5, 0.6) is 0 Å². The van der Waals surface area contributed by atoms with Crippen molar-refractivity contribution in [3.8, 4) is 5.69 Å². The summed E-state index contributed by atoms with van der Waals surface area (Å²) in [6.07, 6.45) is 0. The Kier molecular flexibility index (Phi) is 4.22. The quantitative estimate of drug-likeness (QED) is 0.552. The number of aromatic nitrogens is 4. The van der Waals surface area contributed by atoms with Crippen molar-refractivity contribution in [2.45, 2.75) is 13.8 Å². The van der Waals surface area contributed by atoms with Crippen molar-refractivity contribution in [3.05, 3.63) is 66.0 Å². The zero-order valence-corrected chi connectivity index (χ0v) is 15.3. The number of carbonyl (C=O) groups is 1. The van der Waals surface area contributed by atoms with E-state index in [1.807, 2.05) is 61.5 Å². The van der Waals surface area contributed by atoms with Crippen molar-refractivity contribution in [2.24, 2.45) is 0 Å². The summed E-state index contributed by atoms with van der Waals surface area (Å²) in [4.78, 5) is 20.8. The van der Waals surface area contributed by atoms with Gasteiger partial charge in [0.05, 0.1) is 21.6 Å². The summed E-state index contributed by atoms with van der Waals surface area (Å²) in [5, 5.41) is 9.49. The van der Waals surface area contributed by atoms with E-state index in [1.165, 1.54) is 16.1 Å². The summed E-state index contributed by atoms with van der Waals surface area (Å²) in [5.74, 6) is -0.189. The fraction of sp³-hybridized carbons (Fsp3) is 0.158. The number of fused-ring (bicyclic) bond motifs is 1. The van der Waals surface area contributed by atoms with Crippen molar-refractivity contribution >= 4 is 32.6 Å². The molecule has 0 aliphatic rings. The Bertz CT molecular complexity index is 1040. The predicted octanol–water partition coefficient (Wildman–Crippen LogP) is 3.85. The van der Waals surface area contributed by atoms with Crippen LogP contribution in [-0.4, -0.2) is 32.4 Å². The van der Waals surface area contributed by atoms with Crippen LogP contribution in [0.1, 0.15) is 23.1 Å². The van der Waals surface area contributed by atoms with E-state index in [-0.39, 0.29) is 5.91 Å². The minimum absolute atomic E-state index is 0.189. The fourth-order valence-corrected chi connectivity index (χ4v) is 3.75. The van der Waals surface area contributed by atoms with Crippen LogP contribution in [0.4, 0.5) is 5.13 Å². The largest absolute Gasteiger partial charge is 0.283 e. The molecular weight excluding hydrogens is 346 g/mol. The van der Waals surface area contributed by atoms with Gasteiger partial charge in [-0.3, -0.25) is 9.69 Å². The number of rotatable bonds is 4. The number of aryl methyl sites for hydroxylation is 1. The molecule has 4 rings (SSSR count). The molecule has 0 aliphatic heterocycles. The predicted molar refractivity (Wildman–Crippen MR) is 103 cm³/mol. The van der Waals surface area contributed by atoms with E-state index >= 15 is 0 Å². The summed E-state index contributed by atoms with van der Waals surface area (Å²) in [7, 11) is 0. The molecule has 0 fully saturated rings. The number of hydrogen-bond acceptors (Lipinski definition) is 5. The Morgan fingerprint density at radius 3 is 2.54 bits per heavy atom. The van der Waals surface area contributed by atoms with Gasteiger partial charge in [0.2, 0.25) is 0 Å². The summed E-state index contributed by atoms with van der Waals surface area (Å²) in [6, 6.07) is 17.4. The van der Waals surface area contributed by atoms with Crippen LogP contribution in [0, 0.1) is 6.92 Å². The normalized spacial score (nSPS) is 11.0. The highest BCUT2D eigenvalue weighted by atomic mass is 32.1. The molecule has 0 N–H and O–H groups in total. The van der Waals surface area contributed by atoms with Gasteiger partial charge in [0.15, 0.2) is 10.8 Å². The smallest absolute Gasteiger partial charge is 0.282 e. The first-order chi connectivity index (χ1) is 12.7. The molecule has 0 bridgehead atoms. The van der Waals surface area contributed by atoms with Crippen LogP contribution in [0.3, 0.4) is 0 Å². The average Bonchev–Trinajstić information content (AvgIpc) is 3.26. The molecule has 0 radical (unpaired) electrons. The van der Waals surface area contributed by atoms with Gasteiger partial charge in [-0.15, -0.1) is 5.10 Å². The Balaban J connectivity index is 1.70. The number of para-hydroxylation sites is 2. The Morgan fingerprint density at radius 1 is 1.08 bits per heavy atom. The summed E-state index contributed by atoms with van der Waals surface area (Å²) < 4.78 is 1.05. The molecule has 2 aromatic carbocycles. The van der Waals surface area contributed by atoms with E-state index < -0.39 is 0 Å². The van der Waals surface area contributed by atoms with Gasteiger partial charge in [-0.05, 0) is 38.1 Å². The van der Waals surface area contributed by atoms with E-state index in [4.69, 9.17) is 0 Å². The van der Waals surface area contributed by atoms with Gasteiger partial charge < -0.3 is 0 Å². The zero-order chi connectivity index (χ0) is 18.1. The second kappa shape index (κ2) is 6.68. The summed E-state index contributed by atoms with van der Waals surface area (Å²) >= 11 is 1.50. The average molecular weight is 363 g/mol. The van der Waals surface area contributed by atoms with Gasteiger partial charge >= 0.3 is 0 Å². The number of hydrogen-bond donors (Lipinski definition) is 0. The standard InChI is InChI=1S/C19H17N5OS/c1-3-23(19-20-15-11-7-8-12-16(15)26-19)18(25)17-13(2)21-24(22-17)14-9-5-4-6-10-14/h4-12H,3H2,1-2H3. The van der Waals surface area contributed by atoms with Crippen molar-refractivity contribution in [3.63, 3.8) is 0 Å². The zero-order valence-electron chi connectivity index (χ0n) is 14.5. The maximum Gasteiger partial charge on any atom is 0.282 e. The van der Waals surface area contributed by atoms with Gasteiger partial charge in [0.25, 0.3) is 5.91 Å².